The van der Waals surface area contributed by atoms with Crippen molar-refractivity contribution in [2.75, 3.05) is 0 Å². The molecule has 0 aliphatic carbocycles. The fourth-order valence-corrected chi connectivity index (χ4v) is 0.653. The minimum atomic E-state index is -0.152. The molecule has 1 rings (SSSR count). The van der Waals surface area contributed by atoms with Crippen molar-refractivity contribution in [3.05, 3.63) is 28.7 Å². The van der Waals surface area contributed by atoms with E-state index in [1.54, 1.807) is 31.5 Å². The Balaban J connectivity index is 3.16. The summed E-state index contributed by atoms with van der Waals surface area (Å²) in [4.78, 5) is 17.2. The van der Waals surface area contributed by atoms with Crippen LogP contribution in [0.3, 0.4) is 0 Å². The standard InChI is InChI=1S/C7H8N2O/c1-2-8-6-4-3-5-9-7(6)10/h2-5H,1H3,(H,9,10). The van der Waals surface area contributed by atoms with Crippen LogP contribution in [0.2, 0.25) is 0 Å². The number of hydrogen-bond donors (Lipinski definition) is 1. The molecule has 3 nitrogen and oxygen atoms in total. The topological polar surface area (TPSA) is 45.2 Å². The largest absolute Gasteiger partial charge is 0.327 e. The number of rotatable bonds is 1. The Kier molecular flexibility index (Phi) is 1.99. The van der Waals surface area contributed by atoms with E-state index in [0.29, 0.717) is 5.69 Å². The third-order valence-electron chi connectivity index (χ3n) is 1.07. The molecule has 0 unspecified atom stereocenters. The Bertz CT molecular complexity index is 288. The smallest absolute Gasteiger partial charge is 0.273 e. The van der Waals surface area contributed by atoms with E-state index < -0.39 is 0 Å². The highest BCUT2D eigenvalue weighted by Crippen LogP contribution is 1.98. The highest BCUT2D eigenvalue weighted by Gasteiger charge is 1.89. The van der Waals surface area contributed by atoms with Gasteiger partial charge in [0.2, 0.25) is 0 Å². The zero-order valence-corrected chi connectivity index (χ0v) is 5.66. The number of pyridine rings is 1. The van der Waals surface area contributed by atoms with E-state index in [0.717, 1.165) is 0 Å². The van der Waals surface area contributed by atoms with E-state index in [-0.39, 0.29) is 5.56 Å². The van der Waals surface area contributed by atoms with Crippen LogP contribution in [-0.2, 0) is 0 Å². The monoisotopic (exact) mass is 136 g/mol. The summed E-state index contributed by atoms with van der Waals surface area (Å²) < 4.78 is 0. The van der Waals surface area contributed by atoms with Crippen LogP contribution < -0.4 is 5.56 Å². The van der Waals surface area contributed by atoms with Gasteiger partial charge < -0.3 is 4.98 Å². The molecule has 0 radical (unpaired) electrons. The molecule has 0 spiro atoms. The SMILES string of the molecule is CC=Nc1ccc[nH]c1=O. The molecule has 0 aliphatic heterocycles. The maximum atomic E-state index is 10.8. The second kappa shape index (κ2) is 2.96. The van der Waals surface area contributed by atoms with Crippen LogP contribution in [0.5, 0.6) is 0 Å². The molecule has 1 N–H and O–H groups in total. The zero-order valence-electron chi connectivity index (χ0n) is 5.66. The summed E-state index contributed by atoms with van der Waals surface area (Å²) in [6.45, 7) is 1.77. The number of nitrogens with zero attached hydrogens (tertiary/aromatic N) is 1. The van der Waals surface area contributed by atoms with Gasteiger partial charge in [0.1, 0.15) is 5.69 Å². The van der Waals surface area contributed by atoms with Crippen LogP contribution in [-0.4, -0.2) is 11.2 Å². The Morgan fingerprint density at radius 3 is 3.10 bits per heavy atom. The fraction of sp³-hybridized carbons (Fsp3) is 0.143. The molecule has 0 fully saturated rings. The summed E-state index contributed by atoms with van der Waals surface area (Å²) in [5.41, 5.74) is 0.297. The van der Waals surface area contributed by atoms with Gasteiger partial charge in [0.15, 0.2) is 0 Å². The van der Waals surface area contributed by atoms with Crippen LogP contribution in [0.15, 0.2) is 28.1 Å². The van der Waals surface area contributed by atoms with Crippen molar-refractivity contribution in [1.29, 1.82) is 0 Å². The van der Waals surface area contributed by atoms with Gasteiger partial charge in [-0.05, 0) is 19.1 Å². The molecule has 3 heteroatoms. The highest BCUT2D eigenvalue weighted by molar-refractivity contribution is 5.59. The van der Waals surface area contributed by atoms with Gasteiger partial charge >= 0.3 is 0 Å². The minimum absolute atomic E-state index is 0.152. The second-order valence-corrected chi connectivity index (χ2v) is 1.77. The quantitative estimate of drug-likeness (QED) is 0.577. The van der Waals surface area contributed by atoms with Crippen LogP contribution in [0.25, 0.3) is 0 Å². The van der Waals surface area contributed by atoms with E-state index >= 15 is 0 Å². The van der Waals surface area contributed by atoms with Gasteiger partial charge in [-0.3, -0.25) is 9.79 Å². The Morgan fingerprint density at radius 2 is 2.50 bits per heavy atom. The Labute approximate surface area is 58.4 Å². The van der Waals surface area contributed by atoms with Crippen LogP contribution in [0.1, 0.15) is 6.92 Å². The first kappa shape index (κ1) is 6.74. The molecule has 1 aromatic heterocycles. The van der Waals surface area contributed by atoms with E-state index in [1.807, 2.05) is 0 Å². The fourth-order valence-electron chi connectivity index (χ4n) is 0.653. The first-order chi connectivity index (χ1) is 4.84. The molecule has 10 heavy (non-hydrogen) atoms. The van der Waals surface area contributed by atoms with Crippen molar-refractivity contribution in [1.82, 2.24) is 4.98 Å². The normalized spacial score (nSPS) is 10.5. The number of aromatic amines is 1. The van der Waals surface area contributed by atoms with Crippen LogP contribution in [0.4, 0.5) is 5.69 Å². The number of aliphatic imine (C=N–C) groups is 1. The average molecular weight is 136 g/mol. The Morgan fingerprint density at radius 1 is 1.70 bits per heavy atom. The molecule has 0 saturated heterocycles. The molecule has 0 aliphatic rings. The van der Waals surface area contributed by atoms with E-state index in [2.05, 4.69) is 9.98 Å². The van der Waals surface area contributed by atoms with E-state index in [9.17, 15) is 4.79 Å². The first-order valence-corrected chi connectivity index (χ1v) is 3.01. The van der Waals surface area contributed by atoms with Gasteiger partial charge in [0.25, 0.3) is 5.56 Å². The highest BCUT2D eigenvalue weighted by atomic mass is 16.1. The van der Waals surface area contributed by atoms with Gasteiger partial charge in [-0.15, -0.1) is 0 Å². The third kappa shape index (κ3) is 1.31. The van der Waals surface area contributed by atoms with E-state index in [1.165, 1.54) is 0 Å². The maximum absolute atomic E-state index is 10.8. The number of nitrogens with one attached hydrogen (secondary N) is 1. The first-order valence-electron chi connectivity index (χ1n) is 3.01. The summed E-state index contributed by atoms with van der Waals surface area (Å²) in [6, 6.07) is 3.41. The molecule has 0 atom stereocenters. The summed E-state index contributed by atoms with van der Waals surface area (Å²) in [6.07, 6.45) is 3.17. The average Bonchev–Trinajstić information content (AvgIpc) is 1.94. The maximum Gasteiger partial charge on any atom is 0.273 e. The molecular formula is C7H8N2O. The predicted molar refractivity (Wildman–Crippen MR) is 40.9 cm³/mol. The lowest BCUT2D eigenvalue weighted by Crippen LogP contribution is -2.02. The molecule has 0 amide bonds. The van der Waals surface area contributed by atoms with Gasteiger partial charge in [0, 0.05) is 12.4 Å². The lowest BCUT2D eigenvalue weighted by atomic mass is 10.4. The summed E-state index contributed by atoms with van der Waals surface area (Å²) in [5, 5.41) is 0. The lowest BCUT2D eigenvalue weighted by Gasteiger charge is -1.86. The van der Waals surface area contributed by atoms with Gasteiger partial charge in [-0.1, -0.05) is 0 Å². The molecule has 1 aromatic rings. The van der Waals surface area contributed by atoms with E-state index in [4.69, 9.17) is 0 Å². The van der Waals surface area contributed by atoms with Crippen molar-refractivity contribution in [3.8, 4) is 0 Å². The predicted octanol–water partition coefficient (Wildman–Crippen LogP) is 1.10. The second-order valence-electron chi connectivity index (χ2n) is 1.77. The molecule has 1 heterocycles. The molecule has 0 aromatic carbocycles. The van der Waals surface area contributed by atoms with Crippen LogP contribution >= 0.6 is 0 Å². The summed E-state index contributed by atoms with van der Waals surface area (Å²) in [7, 11) is 0. The van der Waals surface area contributed by atoms with Crippen molar-refractivity contribution in [2.45, 2.75) is 6.92 Å². The van der Waals surface area contributed by atoms with Crippen molar-refractivity contribution < 1.29 is 0 Å². The molecule has 0 saturated carbocycles. The third-order valence-corrected chi connectivity index (χ3v) is 1.07. The van der Waals surface area contributed by atoms with Gasteiger partial charge in [-0.2, -0.15) is 0 Å². The van der Waals surface area contributed by atoms with Gasteiger partial charge in [0.05, 0.1) is 0 Å². The number of hydrogen-bond acceptors (Lipinski definition) is 2. The number of aromatic nitrogens is 1. The summed E-state index contributed by atoms with van der Waals surface area (Å²) >= 11 is 0. The zero-order chi connectivity index (χ0) is 7.40. The number of H-pyrrole nitrogens is 1. The molecule has 0 bridgehead atoms. The minimum Gasteiger partial charge on any atom is -0.327 e. The molecule has 52 valence electrons. The van der Waals surface area contributed by atoms with Crippen molar-refractivity contribution >= 4 is 11.9 Å². The molecular weight excluding hydrogens is 128 g/mol. The van der Waals surface area contributed by atoms with Crippen LogP contribution in [0, 0.1) is 0 Å². The van der Waals surface area contributed by atoms with Crippen molar-refractivity contribution in [3.63, 3.8) is 0 Å². The van der Waals surface area contributed by atoms with Crippen molar-refractivity contribution in [2.24, 2.45) is 4.99 Å². The Hall–Kier alpha value is -1.38. The summed E-state index contributed by atoms with van der Waals surface area (Å²) in [5.74, 6) is 0. The van der Waals surface area contributed by atoms with Gasteiger partial charge in [-0.25, -0.2) is 0 Å². The lowest BCUT2D eigenvalue weighted by molar-refractivity contribution is 1.22.